The summed E-state index contributed by atoms with van der Waals surface area (Å²) in [7, 11) is 1.62. The lowest BCUT2D eigenvalue weighted by Crippen LogP contribution is -2.34. The van der Waals surface area contributed by atoms with Crippen molar-refractivity contribution in [1.29, 1.82) is 0 Å². The lowest BCUT2D eigenvalue weighted by Gasteiger charge is -2.24. The number of hydrogen-bond acceptors (Lipinski definition) is 5. The maximum Gasteiger partial charge on any atom is 0.275 e. The molecule has 0 aliphatic rings. The Labute approximate surface area is 213 Å². The summed E-state index contributed by atoms with van der Waals surface area (Å²) in [6.45, 7) is 1.04. The maximum atomic E-state index is 14.1. The number of thiophene rings is 1. The first-order valence-electron chi connectivity index (χ1n) is 11.6. The second-order valence-corrected chi connectivity index (χ2v) is 9.43. The highest BCUT2D eigenvalue weighted by atomic mass is 32.1. The SMILES string of the molecule is COc1ccccc1CN(Cc1cccs1)C(=O)c1nn(Cc2ccccc2)c(=O)c2ccccc12. The van der Waals surface area contributed by atoms with Crippen molar-refractivity contribution in [3.05, 3.63) is 128 Å². The molecule has 0 atom stereocenters. The van der Waals surface area contributed by atoms with E-state index >= 15 is 0 Å². The van der Waals surface area contributed by atoms with Gasteiger partial charge >= 0.3 is 0 Å². The van der Waals surface area contributed by atoms with Gasteiger partial charge in [-0.2, -0.15) is 5.10 Å². The van der Waals surface area contributed by atoms with Gasteiger partial charge in [-0.25, -0.2) is 4.68 Å². The summed E-state index contributed by atoms with van der Waals surface area (Å²) in [6, 6.07) is 28.5. The van der Waals surface area contributed by atoms with Crippen molar-refractivity contribution in [2.24, 2.45) is 0 Å². The third kappa shape index (κ3) is 4.92. The minimum atomic E-state index is -0.243. The number of para-hydroxylation sites is 1. The normalized spacial score (nSPS) is 10.9. The van der Waals surface area contributed by atoms with E-state index in [1.54, 1.807) is 35.5 Å². The summed E-state index contributed by atoms with van der Waals surface area (Å²) in [5, 5.41) is 7.63. The number of amides is 1. The molecule has 2 aromatic heterocycles. The van der Waals surface area contributed by atoms with Crippen LogP contribution in [0.5, 0.6) is 5.75 Å². The summed E-state index contributed by atoms with van der Waals surface area (Å²) in [5.41, 5.74) is 1.87. The molecular weight excluding hydrogens is 470 g/mol. The van der Waals surface area contributed by atoms with Gasteiger partial charge in [-0.1, -0.05) is 72.8 Å². The Morgan fingerprint density at radius 1 is 0.889 bits per heavy atom. The Hall–Kier alpha value is -4.23. The molecule has 0 radical (unpaired) electrons. The van der Waals surface area contributed by atoms with Crippen molar-refractivity contribution in [1.82, 2.24) is 14.7 Å². The fraction of sp³-hybridized carbons (Fsp3) is 0.138. The first-order chi connectivity index (χ1) is 17.6. The highest BCUT2D eigenvalue weighted by Gasteiger charge is 2.24. The van der Waals surface area contributed by atoms with Crippen LogP contribution in [0.25, 0.3) is 10.8 Å². The van der Waals surface area contributed by atoms with Crippen molar-refractivity contribution in [2.75, 3.05) is 7.11 Å². The number of ether oxygens (including phenoxy) is 1. The minimum Gasteiger partial charge on any atom is -0.496 e. The predicted octanol–water partition coefficient (Wildman–Crippen LogP) is 5.36. The standard InChI is InChI=1S/C29H25N3O3S/c1-35-26-16-8-5-12-22(26)19-31(20-23-13-9-17-36-23)29(34)27-24-14-6-7-15-25(24)28(33)32(30-27)18-21-10-3-2-4-11-21/h2-17H,18-20H2,1H3. The second-order valence-electron chi connectivity index (χ2n) is 8.40. The van der Waals surface area contributed by atoms with E-state index in [4.69, 9.17) is 4.74 Å². The van der Waals surface area contributed by atoms with Crippen molar-refractivity contribution < 1.29 is 9.53 Å². The molecule has 0 fully saturated rings. The average Bonchev–Trinajstić information content (AvgIpc) is 3.44. The van der Waals surface area contributed by atoms with E-state index < -0.39 is 0 Å². The molecule has 0 saturated carbocycles. The number of nitrogens with zero attached hydrogens (tertiary/aromatic N) is 3. The van der Waals surface area contributed by atoms with Gasteiger partial charge in [0.15, 0.2) is 5.69 Å². The number of methoxy groups -OCH3 is 1. The lowest BCUT2D eigenvalue weighted by molar-refractivity contribution is 0.0724. The quantitative estimate of drug-likeness (QED) is 0.291. The third-order valence-electron chi connectivity index (χ3n) is 6.01. The maximum absolute atomic E-state index is 14.1. The zero-order valence-electron chi connectivity index (χ0n) is 19.8. The van der Waals surface area contributed by atoms with Crippen LogP contribution in [0.15, 0.2) is 101 Å². The molecule has 6 nitrogen and oxygen atoms in total. The monoisotopic (exact) mass is 495 g/mol. The molecule has 180 valence electrons. The van der Waals surface area contributed by atoms with E-state index in [9.17, 15) is 9.59 Å². The third-order valence-corrected chi connectivity index (χ3v) is 6.87. The largest absolute Gasteiger partial charge is 0.496 e. The van der Waals surface area contributed by atoms with Crippen LogP contribution in [0.3, 0.4) is 0 Å². The summed E-state index contributed by atoms with van der Waals surface area (Å²) in [6.07, 6.45) is 0. The van der Waals surface area contributed by atoms with E-state index in [-0.39, 0.29) is 23.7 Å². The van der Waals surface area contributed by atoms with E-state index in [1.807, 2.05) is 84.2 Å². The van der Waals surface area contributed by atoms with Crippen LogP contribution in [0.4, 0.5) is 0 Å². The Kier molecular flexibility index (Phi) is 6.91. The molecule has 0 unspecified atom stereocenters. The summed E-state index contributed by atoms with van der Waals surface area (Å²) in [4.78, 5) is 30.2. The highest BCUT2D eigenvalue weighted by molar-refractivity contribution is 7.09. The number of carbonyl (C=O) groups is 1. The van der Waals surface area contributed by atoms with Crippen molar-refractivity contribution in [2.45, 2.75) is 19.6 Å². The molecule has 0 bridgehead atoms. The van der Waals surface area contributed by atoms with Crippen molar-refractivity contribution in [3.8, 4) is 5.75 Å². The van der Waals surface area contributed by atoms with Gasteiger partial charge < -0.3 is 9.64 Å². The van der Waals surface area contributed by atoms with Gasteiger partial charge in [0.25, 0.3) is 11.5 Å². The van der Waals surface area contributed by atoms with Gasteiger partial charge in [-0.15, -0.1) is 11.3 Å². The molecular formula is C29H25N3O3S. The molecule has 0 aliphatic carbocycles. The van der Waals surface area contributed by atoms with Crippen LogP contribution >= 0.6 is 11.3 Å². The van der Waals surface area contributed by atoms with Gasteiger partial charge in [0.1, 0.15) is 5.75 Å². The molecule has 36 heavy (non-hydrogen) atoms. The van der Waals surface area contributed by atoms with Crippen LogP contribution in [0.2, 0.25) is 0 Å². The molecule has 3 aromatic carbocycles. The number of rotatable bonds is 8. The van der Waals surface area contributed by atoms with Gasteiger partial charge in [-0.3, -0.25) is 9.59 Å². The number of fused-ring (bicyclic) bond motifs is 1. The van der Waals surface area contributed by atoms with E-state index in [1.165, 1.54) is 4.68 Å². The fourth-order valence-corrected chi connectivity index (χ4v) is 4.96. The van der Waals surface area contributed by atoms with E-state index in [2.05, 4.69) is 5.10 Å². The van der Waals surface area contributed by atoms with Crippen molar-refractivity contribution in [3.63, 3.8) is 0 Å². The molecule has 7 heteroatoms. The van der Waals surface area contributed by atoms with Crippen LogP contribution < -0.4 is 10.3 Å². The number of benzene rings is 3. The molecule has 0 saturated heterocycles. The summed E-state index contributed by atoms with van der Waals surface area (Å²) < 4.78 is 6.93. The van der Waals surface area contributed by atoms with Gasteiger partial charge in [0, 0.05) is 15.8 Å². The molecule has 0 spiro atoms. The zero-order valence-corrected chi connectivity index (χ0v) is 20.7. The first kappa shape index (κ1) is 23.5. The smallest absolute Gasteiger partial charge is 0.275 e. The van der Waals surface area contributed by atoms with E-state index in [0.29, 0.717) is 29.6 Å². The zero-order chi connectivity index (χ0) is 24.9. The molecule has 2 heterocycles. The molecule has 0 aliphatic heterocycles. The number of carbonyl (C=O) groups excluding carboxylic acids is 1. The second kappa shape index (κ2) is 10.6. The Bertz CT molecular complexity index is 1550. The Balaban J connectivity index is 1.60. The molecule has 5 rings (SSSR count). The number of aromatic nitrogens is 2. The topological polar surface area (TPSA) is 64.4 Å². The van der Waals surface area contributed by atoms with Crippen LogP contribution in [-0.2, 0) is 19.6 Å². The summed E-state index contributed by atoms with van der Waals surface area (Å²) >= 11 is 1.59. The predicted molar refractivity (Wildman–Crippen MR) is 142 cm³/mol. The molecule has 1 amide bonds. The summed E-state index contributed by atoms with van der Waals surface area (Å²) in [5.74, 6) is 0.473. The van der Waals surface area contributed by atoms with Gasteiger partial charge in [-0.05, 0) is 29.1 Å². The lowest BCUT2D eigenvalue weighted by atomic mass is 10.1. The molecule has 0 N–H and O–H groups in total. The minimum absolute atomic E-state index is 0.222. The Morgan fingerprint density at radius 3 is 2.36 bits per heavy atom. The van der Waals surface area contributed by atoms with Crippen molar-refractivity contribution >= 4 is 28.0 Å². The van der Waals surface area contributed by atoms with Gasteiger partial charge in [0.05, 0.1) is 32.1 Å². The van der Waals surface area contributed by atoms with Gasteiger partial charge in [0.2, 0.25) is 0 Å². The van der Waals surface area contributed by atoms with E-state index in [0.717, 1.165) is 16.0 Å². The highest BCUT2D eigenvalue weighted by Crippen LogP contribution is 2.24. The molecule has 5 aromatic rings. The first-order valence-corrected chi connectivity index (χ1v) is 12.5. The number of hydrogen-bond donors (Lipinski definition) is 0. The average molecular weight is 496 g/mol. The van der Waals surface area contributed by atoms with Crippen LogP contribution in [0, 0.1) is 0 Å². The van der Waals surface area contributed by atoms with Crippen LogP contribution in [0.1, 0.15) is 26.5 Å². The Morgan fingerprint density at radius 2 is 1.61 bits per heavy atom. The van der Waals surface area contributed by atoms with Crippen LogP contribution in [-0.4, -0.2) is 27.7 Å². The fourth-order valence-electron chi connectivity index (χ4n) is 4.24.